The Morgan fingerprint density at radius 2 is 1.77 bits per heavy atom. The fourth-order valence-electron chi connectivity index (χ4n) is 3.87. The number of benzene rings is 4. The van der Waals surface area contributed by atoms with E-state index in [1.54, 1.807) is 49.4 Å². The molecule has 9 nitrogen and oxygen atoms in total. The van der Waals surface area contributed by atoms with E-state index in [4.69, 9.17) is 27.9 Å². The molecular formula is C26H20Cl2N3NaO6S. The van der Waals surface area contributed by atoms with Crippen molar-refractivity contribution < 1.29 is 57.2 Å². The number of amides is 1. The first kappa shape index (κ1) is 30.8. The zero-order valence-corrected chi connectivity index (χ0v) is 25.4. The van der Waals surface area contributed by atoms with Gasteiger partial charge in [-0.1, -0.05) is 53.2 Å². The molecule has 196 valence electrons. The van der Waals surface area contributed by atoms with Crippen LogP contribution in [0, 0.1) is 6.92 Å². The van der Waals surface area contributed by atoms with Crippen molar-refractivity contribution in [1.82, 2.24) is 0 Å². The Morgan fingerprint density at radius 1 is 1.05 bits per heavy atom. The molecule has 0 atom stereocenters. The van der Waals surface area contributed by atoms with Gasteiger partial charge in [0.2, 0.25) is 0 Å². The molecule has 2 N–H and O–H groups in total. The molecule has 0 saturated carbocycles. The van der Waals surface area contributed by atoms with E-state index in [2.05, 4.69) is 15.5 Å². The van der Waals surface area contributed by atoms with Crippen molar-refractivity contribution in [3.63, 3.8) is 0 Å². The molecule has 0 aromatic heterocycles. The predicted octanol–water partition coefficient (Wildman–Crippen LogP) is 3.85. The van der Waals surface area contributed by atoms with Crippen LogP contribution in [0.1, 0.15) is 22.8 Å². The zero-order valence-electron chi connectivity index (χ0n) is 21.0. The van der Waals surface area contributed by atoms with Crippen LogP contribution < -0.4 is 44.7 Å². The third-order valence-electron chi connectivity index (χ3n) is 5.45. The van der Waals surface area contributed by atoms with E-state index < -0.39 is 26.7 Å². The van der Waals surface area contributed by atoms with Gasteiger partial charge in [0.05, 0.1) is 18.0 Å². The minimum Gasteiger partial charge on any atom is -0.870 e. The van der Waals surface area contributed by atoms with E-state index in [1.807, 2.05) is 0 Å². The van der Waals surface area contributed by atoms with Gasteiger partial charge in [-0.2, -0.15) is 13.5 Å². The largest absolute Gasteiger partial charge is 1.00 e. The van der Waals surface area contributed by atoms with E-state index in [0.29, 0.717) is 33.8 Å². The summed E-state index contributed by atoms with van der Waals surface area (Å²) >= 11 is 12.1. The van der Waals surface area contributed by atoms with Crippen LogP contribution in [0.25, 0.3) is 10.8 Å². The first-order valence-electron chi connectivity index (χ1n) is 11.2. The second-order valence-corrected chi connectivity index (χ2v) is 10.3. The summed E-state index contributed by atoms with van der Waals surface area (Å²) in [6, 6.07) is 15.3. The summed E-state index contributed by atoms with van der Waals surface area (Å²) in [5.41, 5.74) is -0.245. The Morgan fingerprint density at radius 3 is 2.46 bits per heavy atom. The van der Waals surface area contributed by atoms with Crippen LogP contribution in [-0.4, -0.2) is 25.5 Å². The molecule has 0 aliphatic carbocycles. The number of carbonyl (C=O) groups is 1. The topological polar surface area (TPSA) is 140 Å². The fourth-order valence-corrected chi connectivity index (χ4v) is 5.13. The molecule has 0 heterocycles. The monoisotopic (exact) mass is 595 g/mol. The van der Waals surface area contributed by atoms with Gasteiger partial charge in [0.15, 0.2) is 0 Å². The van der Waals surface area contributed by atoms with Gasteiger partial charge in [-0.25, -0.2) is 0 Å². The Bertz CT molecular complexity index is 1710. The molecule has 0 unspecified atom stereocenters. The predicted molar refractivity (Wildman–Crippen MR) is 144 cm³/mol. The maximum absolute atomic E-state index is 13.5. The van der Waals surface area contributed by atoms with Crippen molar-refractivity contribution >= 4 is 67.1 Å². The van der Waals surface area contributed by atoms with Gasteiger partial charge < -0.3 is 15.2 Å². The van der Waals surface area contributed by atoms with Gasteiger partial charge in [0, 0.05) is 27.1 Å². The number of hydrogen-bond donors (Lipinski definition) is 2. The molecule has 0 aliphatic rings. The van der Waals surface area contributed by atoms with Crippen LogP contribution in [0.2, 0.25) is 10.0 Å². The number of hydrogen-bond acceptors (Lipinski definition) is 7. The number of fused-ring (bicyclic) bond motifs is 1. The summed E-state index contributed by atoms with van der Waals surface area (Å²) < 4.78 is 39.2. The standard InChI is InChI=1S/C26H21Cl2N3O6S.Na/c1-3-37-22-13-16(27)8-9-20(22)29-26(33)19-11-15-6-4-5-7-18(15)23(24(19)32)31-30-21-12-17(28)10-14(2)25(21)38(34,35)36;/h4-13,32H,3H2,1-2H3,(H,29,33)(H,34,35,36);/q;+1/p-1. The molecule has 4 rings (SSSR count). The van der Waals surface area contributed by atoms with Crippen LogP contribution in [0.15, 0.2) is 75.8 Å². The molecule has 0 saturated heterocycles. The average Bonchev–Trinajstić information content (AvgIpc) is 2.83. The summed E-state index contributed by atoms with van der Waals surface area (Å²) in [5.74, 6) is -1.14. The summed E-state index contributed by atoms with van der Waals surface area (Å²) in [5, 5.41) is 25.5. The summed E-state index contributed by atoms with van der Waals surface area (Å²) in [7, 11) is -4.68. The summed E-state index contributed by atoms with van der Waals surface area (Å²) in [6.45, 7) is 3.53. The Kier molecular flexibility index (Phi) is 10.0. The Labute approximate surface area is 256 Å². The van der Waals surface area contributed by atoms with Crippen LogP contribution in [0.4, 0.5) is 17.1 Å². The Balaban J connectivity index is 0.00000420. The first-order chi connectivity index (χ1) is 18.0. The summed E-state index contributed by atoms with van der Waals surface area (Å²) in [6.07, 6.45) is 0. The quantitative estimate of drug-likeness (QED) is 0.189. The molecule has 0 spiro atoms. The SMILES string of the molecule is CCOc1cc(Cl)ccc1NC(=O)c1cc2ccccc2c(N=Nc2cc(Cl)cc(C)c2S(=O)(=O)O)c1[O-].[Na+]. The second-order valence-electron chi connectivity index (χ2n) is 8.10. The normalized spacial score (nSPS) is 11.4. The van der Waals surface area contributed by atoms with E-state index in [0.717, 1.165) is 0 Å². The number of nitrogens with zero attached hydrogens (tertiary/aromatic N) is 2. The molecule has 0 radical (unpaired) electrons. The zero-order chi connectivity index (χ0) is 27.6. The number of ether oxygens (including phenoxy) is 1. The molecule has 39 heavy (non-hydrogen) atoms. The fraction of sp³-hybridized carbons (Fsp3) is 0.115. The number of azo groups is 1. The number of nitrogens with one attached hydrogen (secondary N) is 1. The maximum Gasteiger partial charge on any atom is 1.00 e. The maximum atomic E-state index is 13.5. The molecule has 0 aliphatic heterocycles. The van der Waals surface area contributed by atoms with Gasteiger partial charge in [-0.05, 0) is 55.1 Å². The van der Waals surface area contributed by atoms with Gasteiger partial charge in [-0.15, -0.1) is 5.11 Å². The van der Waals surface area contributed by atoms with Crippen LogP contribution >= 0.6 is 23.2 Å². The first-order valence-corrected chi connectivity index (χ1v) is 13.3. The third-order valence-corrected chi connectivity index (χ3v) is 6.95. The van der Waals surface area contributed by atoms with Crippen molar-refractivity contribution in [3.05, 3.63) is 81.8 Å². The third kappa shape index (κ3) is 6.90. The van der Waals surface area contributed by atoms with Crippen LogP contribution in [0.3, 0.4) is 0 Å². The van der Waals surface area contributed by atoms with E-state index in [9.17, 15) is 22.9 Å². The van der Waals surface area contributed by atoms with Gasteiger partial charge in [0.25, 0.3) is 16.0 Å². The number of aryl methyl sites for hydroxylation is 1. The van der Waals surface area contributed by atoms with Crippen molar-refractivity contribution in [1.29, 1.82) is 0 Å². The molecule has 4 aromatic carbocycles. The van der Waals surface area contributed by atoms with E-state index in [-0.39, 0.29) is 57.1 Å². The van der Waals surface area contributed by atoms with Crippen molar-refractivity contribution in [3.8, 4) is 11.5 Å². The van der Waals surface area contributed by atoms with E-state index in [1.165, 1.54) is 25.1 Å². The van der Waals surface area contributed by atoms with Crippen LogP contribution in [0.5, 0.6) is 11.5 Å². The van der Waals surface area contributed by atoms with Crippen molar-refractivity contribution in [2.75, 3.05) is 11.9 Å². The minimum absolute atomic E-state index is 0. The van der Waals surface area contributed by atoms with Gasteiger partial charge in [-0.3, -0.25) is 9.35 Å². The number of anilines is 1. The summed E-state index contributed by atoms with van der Waals surface area (Å²) in [4.78, 5) is 12.7. The number of carbonyl (C=O) groups excluding carboxylic acids is 1. The molecule has 0 fully saturated rings. The smallest absolute Gasteiger partial charge is 0.870 e. The Hall–Kier alpha value is -2.70. The van der Waals surface area contributed by atoms with Gasteiger partial charge >= 0.3 is 29.6 Å². The molecule has 0 bridgehead atoms. The van der Waals surface area contributed by atoms with Crippen LogP contribution in [-0.2, 0) is 10.1 Å². The van der Waals surface area contributed by atoms with E-state index >= 15 is 0 Å². The second kappa shape index (κ2) is 12.6. The van der Waals surface area contributed by atoms with Crippen molar-refractivity contribution in [2.24, 2.45) is 10.2 Å². The molecule has 4 aromatic rings. The molecular weight excluding hydrogens is 576 g/mol. The van der Waals surface area contributed by atoms with Gasteiger partial charge in [0.1, 0.15) is 16.3 Å². The molecule has 1 amide bonds. The number of rotatable bonds is 7. The number of halogens is 2. The molecule has 13 heteroatoms. The van der Waals surface area contributed by atoms with Crippen molar-refractivity contribution in [2.45, 2.75) is 18.7 Å². The minimum atomic E-state index is -4.68. The average molecular weight is 596 g/mol.